The van der Waals surface area contributed by atoms with Gasteiger partial charge in [-0.2, -0.15) is 0 Å². The zero-order valence-corrected chi connectivity index (χ0v) is 19.1. The summed E-state index contributed by atoms with van der Waals surface area (Å²) < 4.78 is 0. The van der Waals surface area contributed by atoms with Crippen molar-refractivity contribution >= 4 is 41.5 Å². The van der Waals surface area contributed by atoms with E-state index >= 15 is 0 Å². The summed E-state index contributed by atoms with van der Waals surface area (Å²) in [6.07, 6.45) is -3.59. The number of aliphatic hydroxyl groups excluding tert-OH is 1. The van der Waals surface area contributed by atoms with Gasteiger partial charge in [0.25, 0.3) is 0 Å². The monoisotopic (exact) mass is 504 g/mol. The summed E-state index contributed by atoms with van der Waals surface area (Å²) in [6.45, 7) is 1.15. The lowest BCUT2D eigenvalue weighted by Crippen LogP contribution is -2.59. The second-order valence-corrected chi connectivity index (χ2v) is 7.74. The second-order valence-electron chi connectivity index (χ2n) is 7.74. The summed E-state index contributed by atoms with van der Waals surface area (Å²) in [5.41, 5.74) is 15.6. The van der Waals surface area contributed by atoms with Gasteiger partial charge in [0.1, 0.15) is 18.1 Å². The van der Waals surface area contributed by atoms with Crippen LogP contribution in [0, 0.1) is 0 Å². The van der Waals surface area contributed by atoms with E-state index in [2.05, 4.69) is 16.0 Å². The number of carboxylic acid groups (broad SMARTS) is 2. The van der Waals surface area contributed by atoms with Crippen molar-refractivity contribution in [3.63, 3.8) is 0 Å². The van der Waals surface area contributed by atoms with E-state index in [9.17, 15) is 43.8 Å². The number of aliphatic hydroxyl groups is 1. The van der Waals surface area contributed by atoms with Crippen LogP contribution in [0.25, 0.3) is 0 Å². The summed E-state index contributed by atoms with van der Waals surface area (Å²) in [4.78, 5) is 81.7. The van der Waals surface area contributed by atoms with Crippen molar-refractivity contribution in [3.8, 4) is 0 Å². The highest BCUT2D eigenvalue weighted by Gasteiger charge is 2.32. The summed E-state index contributed by atoms with van der Waals surface area (Å²) in [7, 11) is 0. The van der Waals surface area contributed by atoms with Crippen molar-refractivity contribution in [3.05, 3.63) is 0 Å². The molecule has 16 heteroatoms. The first kappa shape index (κ1) is 31.2. The maximum absolute atomic E-state index is 12.7. The highest BCUT2D eigenvalue weighted by Crippen LogP contribution is 2.05. The third-order valence-electron chi connectivity index (χ3n) is 4.68. The van der Waals surface area contributed by atoms with Crippen molar-refractivity contribution in [1.82, 2.24) is 16.0 Å². The molecular weight excluding hydrogens is 472 g/mol. The largest absolute Gasteiger partial charge is 0.481 e. The molecule has 0 rings (SSSR count). The average molecular weight is 504 g/mol. The third-order valence-corrected chi connectivity index (χ3v) is 4.68. The minimum Gasteiger partial charge on any atom is -0.481 e. The van der Waals surface area contributed by atoms with Gasteiger partial charge in [-0.05, 0) is 26.2 Å². The van der Waals surface area contributed by atoms with Crippen molar-refractivity contribution in [1.29, 1.82) is 0 Å². The number of nitrogens with one attached hydrogen (secondary N) is 3. The Labute approximate surface area is 199 Å². The Hall–Kier alpha value is -3.79. The molecule has 198 valence electrons. The molecule has 0 saturated carbocycles. The predicted molar refractivity (Wildman–Crippen MR) is 117 cm³/mol. The Balaban J connectivity index is 5.49. The maximum atomic E-state index is 12.7. The summed E-state index contributed by atoms with van der Waals surface area (Å²) in [5.74, 6) is -7.37. The number of carboxylic acids is 2. The zero-order valence-electron chi connectivity index (χ0n) is 19.1. The van der Waals surface area contributed by atoms with E-state index in [-0.39, 0.29) is 32.1 Å². The zero-order chi connectivity index (χ0) is 27.3. The molecule has 0 aromatic heterocycles. The third kappa shape index (κ3) is 12.9. The van der Waals surface area contributed by atoms with Crippen molar-refractivity contribution in [2.45, 2.75) is 75.7 Å². The molecule has 0 fully saturated rings. The number of carbonyl (C=O) groups excluding carboxylic acids is 5. The highest BCUT2D eigenvalue weighted by molar-refractivity contribution is 5.94. The van der Waals surface area contributed by atoms with E-state index in [1.165, 1.54) is 0 Å². The summed E-state index contributed by atoms with van der Waals surface area (Å²) >= 11 is 0. The molecule has 0 aromatic carbocycles. The molecule has 12 N–H and O–H groups in total. The van der Waals surface area contributed by atoms with E-state index in [0.717, 1.165) is 6.92 Å². The van der Waals surface area contributed by atoms with E-state index in [4.69, 9.17) is 22.3 Å². The first-order valence-corrected chi connectivity index (χ1v) is 10.5. The molecular formula is C19H32N6O10. The Morgan fingerprint density at radius 3 is 1.63 bits per heavy atom. The van der Waals surface area contributed by atoms with Crippen molar-refractivity contribution in [2.24, 2.45) is 17.2 Å². The van der Waals surface area contributed by atoms with Crippen molar-refractivity contribution in [2.75, 3.05) is 0 Å². The van der Waals surface area contributed by atoms with Gasteiger partial charge in [-0.1, -0.05) is 0 Å². The molecule has 0 aliphatic heterocycles. The van der Waals surface area contributed by atoms with Crippen LogP contribution in [0.15, 0.2) is 0 Å². The van der Waals surface area contributed by atoms with Gasteiger partial charge in [-0.25, -0.2) is 4.79 Å². The van der Waals surface area contributed by atoms with E-state index < -0.39 is 78.2 Å². The first-order chi connectivity index (χ1) is 16.1. The molecule has 0 spiro atoms. The Kier molecular flexibility index (Phi) is 13.5. The molecule has 16 nitrogen and oxygen atoms in total. The molecule has 35 heavy (non-hydrogen) atoms. The van der Waals surface area contributed by atoms with Gasteiger partial charge >= 0.3 is 11.9 Å². The van der Waals surface area contributed by atoms with Gasteiger partial charge in [0.05, 0.1) is 12.1 Å². The first-order valence-electron chi connectivity index (χ1n) is 10.5. The molecule has 0 saturated heterocycles. The number of hydrogen-bond donors (Lipinski definition) is 9. The Bertz CT molecular complexity index is 818. The van der Waals surface area contributed by atoms with Gasteiger partial charge in [0.15, 0.2) is 0 Å². The van der Waals surface area contributed by atoms with Crippen LogP contribution < -0.4 is 33.2 Å². The lowest BCUT2D eigenvalue weighted by molar-refractivity contribution is -0.143. The standard InChI is InChI=1S/C19H32N6O10/c1-8(26)15(25-16(31)9(20)2-7-14(29)30)18(33)23-10(3-5-12(21)27)17(32)24-11(19(34)35)4-6-13(22)28/h8-11,15,26H,2-7,20H2,1H3,(H2,21,27)(H2,22,28)(H,23,33)(H,24,32)(H,25,31)(H,29,30)(H,34,35). The highest BCUT2D eigenvalue weighted by atomic mass is 16.4. The molecule has 0 radical (unpaired) electrons. The van der Waals surface area contributed by atoms with Crippen LogP contribution in [0.4, 0.5) is 0 Å². The van der Waals surface area contributed by atoms with E-state index in [1.807, 2.05) is 0 Å². The van der Waals surface area contributed by atoms with E-state index in [1.54, 1.807) is 0 Å². The molecule has 5 atom stereocenters. The average Bonchev–Trinajstić information content (AvgIpc) is 2.74. The number of hydrogen-bond acceptors (Lipinski definition) is 9. The normalized spacial score (nSPS) is 14.9. The molecule has 0 heterocycles. The van der Waals surface area contributed by atoms with Gasteiger partial charge < -0.3 is 48.5 Å². The molecule has 0 aromatic rings. The van der Waals surface area contributed by atoms with Crippen LogP contribution in [-0.4, -0.2) is 87.1 Å². The fourth-order valence-electron chi connectivity index (χ4n) is 2.71. The topological polar surface area (TPSA) is 294 Å². The number of primary amides is 2. The van der Waals surface area contributed by atoms with Crippen LogP contribution in [0.5, 0.6) is 0 Å². The van der Waals surface area contributed by atoms with Gasteiger partial charge in [-0.3, -0.25) is 28.8 Å². The van der Waals surface area contributed by atoms with E-state index in [0.29, 0.717) is 0 Å². The summed E-state index contributed by atoms with van der Waals surface area (Å²) in [6, 6.07) is -5.99. The number of rotatable bonds is 17. The maximum Gasteiger partial charge on any atom is 0.326 e. The van der Waals surface area contributed by atoms with Gasteiger partial charge in [0.2, 0.25) is 29.5 Å². The second kappa shape index (κ2) is 15.2. The van der Waals surface area contributed by atoms with Crippen molar-refractivity contribution < 1.29 is 48.9 Å². The minimum atomic E-state index is -1.63. The van der Waals surface area contributed by atoms with Crippen LogP contribution in [0.3, 0.4) is 0 Å². The number of nitrogens with two attached hydrogens (primary N) is 3. The Morgan fingerprint density at radius 1 is 0.714 bits per heavy atom. The van der Waals surface area contributed by atoms with Crippen LogP contribution >= 0.6 is 0 Å². The fourth-order valence-corrected chi connectivity index (χ4v) is 2.71. The lowest BCUT2D eigenvalue weighted by Gasteiger charge is -2.26. The molecule has 5 amide bonds. The van der Waals surface area contributed by atoms with Crippen LogP contribution in [0.1, 0.15) is 45.4 Å². The lowest BCUT2D eigenvalue weighted by atomic mass is 10.1. The molecule has 5 unspecified atom stereocenters. The molecule has 0 aliphatic carbocycles. The SMILES string of the molecule is CC(O)C(NC(=O)C(N)CCC(=O)O)C(=O)NC(CCC(N)=O)C(=O)NC(CCC(N)=O)C(=O)O. The van der Waals surface area contributed by atoms with Gasteiger partial charge in [0, 0.05) is 19.3 Å². The summed E-state index contributed by atoms with van der Waals surface area (Å²) in [5, 5.41) is 34.3. The number of aliphatic carboxylic acids is 2. The molecule has 0 aliphatic rings. The minimum absolute atomic E-state index is 0.249. The van der Waals surface area contributed by atoms with Gasteiger partial charge in [-0.15, -0.1) is 0 Å². The number of amides is 5. The molecule has 0 bridgehead atoms. The fraction of sp³-hybridized carbons (Fsp3) is 0.632. The number of carbonyl (C=O) groups is 7. The predicted octanol–water partition coefficient (Wildman–Crippen LogP) is -4.37. The van der Waals surface area contributed by atoms with Crippen LogP contribution in [-0.2, 0) is 33.6 Å². The smallest absolute Gasteiger partial charge is 0.326 e. The quantitative estimate of drug-likeness (QED) is 0.0911. The van der Waals surface area contributed by atoms with Crippen LogP contribution in [0.2, 0.25) is 0 Å². The Morgan fingerprint density at radius 2 is 1.20 bits per heavy atom.